The zero-order valence-electron chi connectivity index (χ0n) is 10.0. The van der Waals surface area contributed by atoms with Gasteiger partial charge in [-0.3, -0.25) is 0 Å². The molecule has 16 heavy (non-hydrogen) atoms. The average molecular weight is 217 g/mol. The Labute approximate surface area is 96.6 Å². The highest BCUT2D eigenvalue weighted by Gasteiger charge is 2.05. The Morgan fingerprint density at radius 2 is 2.12 bits per heavy atom. The van der Waals surface area contributed by atoms with Gasteiger partial charge in [0.15, 0.2) is 0 Å². The van der Waals surface area contributed by atoms with Gasteiger partial charge < -0.3 is 9.73 Å². The Hall–Kier alpha value is -1.28. The molecule has 0 aliphatic heterocycles. The van der Waals surface area contributed by atoms with Crippen LogP contribution in [-0.2, 0) is 13.0 Å². The van der Waals surface area contributed by atoms with E-state index >= 15 is 0 Å². The molecule has 1 aromatic heterocycles. The van der Waals surface area contributed by atoms with E-state index in [1.54, 1.807) is 0 Å². The lowest BCUT2D eigenvalue weighted by molar-refractivity contribution is 0.604. The molecule has 1 heterocycles. The molecular weight excluding hydrogens is 198 g/mol. The third-order valence-corrected chi connectivity index (χ3v) is 2.82. The Bertz CT molecular complexity index is 459. The van der Waals surface area contributed by atoms with Crippen LogP contribution < -0.4 is 5.32 Å². The molecule has 0 atom stereocenters. The van der Waals surface area contributed by atoms with Gasteiger partial charge in [0.2, 0.25) is 0 Å². The third kappa shape index (κ3) is 2.27. The Balaban J connectivity index is 2.31. The van der Waals surface area contributed by atoms with Crippen molar-refractivity contribution < 1.29 is 4.42 Å². The first-order valence-corrected chi connectivity index (χ1v) is 6.04. The van der Waals surface area contributed by atoms with E-state index in [-0.39, 0.29) is 0 Å². The summed E-state index contributed by atoms with van der Waals surface area (Å²) in [6.07, 6.45) is 4.19. The quantitative estimate of drug-likeness (QED) is 0.829. The summed E-state index contributed by atoms with van der Waals surface area (Å²) < 4.78 is 5.54. The van der Waals surface area contributed by atoms with Gasteiger partial charge in [0.25, 0.3) is 0 Å². The molecule has 0 bridgehead atoms. The lowest BCUT2D eigenvalue weighted by Gasteiger charge is -2.01. The third-order valence-electron chi connectivity index (χ3n) is 2.82. The molecule has 0 amide bonds. The highest BCUT2D eigenvalue weighted by atomic mass is 16.3. The fraction of sp³-hybridized carbons (Fsp3) is 0.429. The molecule has 2 rings (SSSR count). The van der Waals surface area contributed by atoms with Crippen molar-refractivity contribution in [2.24, 2.45) is 0 Å². The standard InChI is InChI=1S/C14H19NO/c1-3-5-11-6-7-14-13(8-11)12(10-16-14)9-15-4-2/h6-8,10,15H,3-5,9H2,1-2H3. The van der Waals surface area contributed by atoms with Gasteiger partial charge in [-0.2, -0.15) is 0 Å². The molecule has 0 aliphatic rings. The second-order valence-corrected chi connectivity index (χ2v) is 4.12. The highest BCUT2D eigenvalue weighted by Crippen LogP contribution is 2.23. The Kier molecular flexibility index (Phi) is 3.62. The van der Waals surface area contributed by atoms with Gasteiger partial charge >= 0.3 is 0 Å². The number of hydrogen-bond donors (Lipinski definition) is 1. The highest BCUT2D eigenvalue weighted by molar-refractivity contribution is 5.81. The number of nitrogens with one attached hydrogen (secondary N) is 1. The second kappa shape index (κ2) is 5.17. The first-order valence-electron chi connectivity index (χ1n) is 6.04. The zero-order valence-corrected chi connectivity index (χ0v) is 10.0. The maximum absolute atomic E-state index is 5.54. The molecule has 0 spiro atoms. The van der Waals surface area contributed by atoms with Crippen LogP contribution in [0.25, 0.3) is 11.0 Å². The van der Waals surface area contributed by atoms with Crippen LogP contribution in [0.5, 0.6) is 0 Å². The predicted octanol–water partition coefficient (Wildman–Crippen LogP) is 3.49. The van der Waals surface area contributed by atoms with E-state index in [0.29, 0.717) is 0 Å². The molecule has 1 aromatic carbocycles. The fourth-order valence-electron chi connectivity index (χ4n) is 1.97. The van der Waals surface area contributed by atoms with Crippen molar-refractivity contribution in [3.63, 3.8) is 0 Å². The molecule has 1 N–H and O–H groups in total. The van der Waals surface area contributed by atoms with Crippen LogP contribution in [0, 0.1) is 0 Å². The number of fused-ring (bicyclic) bond motifs is 1. The van der Waals surface area contributed by atoms with E-state index in [2.05, 4.69) is 37.4 Å². The lowest BCUT2D eigenvalue weighted by Crippen LogP contribution is -2.11. The normalized spacial score (nSPS) is 11.1. The van der Waals surface area contributed by atoms with Crippen molar-refractivity contribution in [2.45, 2.75) is 33.2 Å². The van der Waals surface area contributed by atoms with E-state index in [1.165, 1.54) is 22.9 Å². The number of aryl methyl sites for hydroxylation is 1. The second-order valence-electron chi connectivity index (χ2n) is 4.12. The van der Waals surface area contributed by atoms with Crippen molar-refractivity contribution in [3.8, 4) is 0 Å². The first kappa shape index (κ1) is 11.2. The van der Waals surface area contributed by atoms with Gasteiger partial charge in [0, 0.05) is 17.5 Å². The minimum absolute atomic E-state index is 0.888. The lowest BCUT2D eigenvalue weighted by atomic mass is 10.1. The molecular formula is C14H19NO. The molecule has 86 valence electrons. The molecule has 0 saturated heterocycles. The SMILES string of the molecule is CCCc1ccc2occ(CNCC)c2c1. The summed E-state index contributed by atoms with van der Waals surface area (Å²) in [4.78, 5) is 0. The Morgan fingerprint density at radius 1 is 1.25 bits per heavy atom. The van der Waals surface area contributed by atoms with Gasteiger partial charge in [-0.05, 0) is 30.7 Å². The van der Waals surface area contributed by atoms with E-state index in [4.69, 9.17) is 4.42 Å². The number of hydrogen-bond acceptors (Lipinski definition) is 2. The molecule has 2 nitrogen and oxygen atoms in total. The fourth-order valence-corrected chi connectivity index (χ4v) is 1.97. The summed E-state index contributed by atoms with van der Waals surface area (Å²) in [6.45, 7) is 6.20. The monoisotopic (exact) mass is 217 g/mol. The minimum atomic E-state index is 0.888. The molecule has 0 aliphatic carbocycles. The first-order chi connectivity index (χ1) is 7.85. The average Bonchev–Trinajstić information content (AvgIpc) is 2.69. The maximum atomic E-state index is 5.54. The van der Waals surface area contributed by atoms with Crippen molar-refractivity contribution >= 4 is 11.0 Å². The topological polar surface area (TPSA) is 25.2 Å². The molecule has 2 heteroatoms. The van der Waals surface area contributed by atoms with Crippen molar-refractivity contribution in [1.29, 1.82) is 0 Å². The summed E-state index contributed by atoms with van der Waals surface area (Å²) >= 11 is 0. The van der Waals surface area contributed by atoms with E-state index < -0.39 is 0 Å². The molecule has 0 radical (unpaired) electrons. The van der Waals surface area contributed by atoms with E-state index in [1.807, 2.05) is 6.26 Å². The van der Waals surface area contributed by atoms with Crippen molar-refractivity contribution in [3.05, 3.63) is 35.6 Å². The molecule has 0 unspecified atom stereocenters. The summed E-state index contributed by atoms with van der Waals surface area (Å²) in [6, 6.07) is 6.50. The summed E-state index contributed by atoms with van der Waals surface area (Å²) in [5.74, 6) is 0. The van der Waals surface area contributed by atoms with Crippen LogP contribution in [0.3, 0.4) is 0 Å². The summed E-state index contributed by atoms with van der Waals surface area (Å²) in [5, 5.41) is 4.59. The predicted molar refractivity (Wildman–Crippen MR) is 67.6 cm³/mol. The van der Waals surface area contributed by atoms with Crippen LogP contribution in [0.4, 0.5) is 0 Å². The smallest absolute Gasteiger partial charge is 0.134 e. The van der Waals surface area contributed by atoms with Gasteiger partial charge in [-0.25, -0.2) is 0 Å². The van der Waals surface area contributed by atoms with Gasteiger partial charge in [-0.15, -0.1) is 0 Å². The maximum Gasteiger partial charge on any atom is 0.134 e. The largest absolute Gasteiger partial charge is 0.464 e. The summed E-state index contributed by atoms with van der Waals surface area (Å²) in [5.41, 5.74) is 3.65. The van der Waals surface area contributed by atoms with Crippen molar-refractivity contribution in [2.75, 3.05) is 6.54 Å². The minimum Gasteiger partial charge on any atom is -0.464 e. The molecule has 0 fully saturated rings. The van der Waals surface area contributed by atoms with Gasteiger partial charge in [-0.1, -0.05) is 26.3 Å². The van der Waals surface area contributed by atoms with E-state index in [9.17, 15) is 0 Å². The van der Waals surface area contributed by atoms with Crippen LogP contribution in [0.1, 0.15) is 31.4 Å². The van der Waals surface area contributed by atoms with E-state index in [0.717, 1.165) is 25.1 Å². The van der Waals surface area contributed by atoms with Crippen LogP contribution in [0.2, 0.25) is 0 Å². The molecule has 2 aromatic rings. The number of furan rings is 1. The van der Waals surface area contributed by atoms with Crippen LogP contribution in [-0.4, -0.2) is 6.54 Å². The number of benzene rings is 1. The Morgan fingerprint density at radius 3 is 2.88 bits per heavy atom. The molecule has 0 saturated carbocycles. The summed E-state index contributed by atoms with van der Waals surface area (Å²) in [7, 11) is 0. The van der Waals surface area contributed by atoms with Crippen LogP contribution >= 0.6 is 0 Å². The van der Waals surface area contributed by atoms with Crippen LogP contribution in [0.15, 0.2) is 28.9 Å². The van der Waals surface area contributed by atoms with Crippen molar-refractivity contribution in [1.82, 2.24) is 5.32 Å². The zero-order chi connectivity index (χ0) is 11.4. The number of rotatable bonds is 5. The van der Waals surface area contributed by atoms with Gasteiger partial charge in [0.05, 0.1) is 6.26 Å². The van der Waals surface area contributed by atoms with Gasteiger partial charge in [0.1, 0.15) is 5.58 Å².